The van der Waals surface area contributed by atoms with Gasteiger partial charge in [-0.1, -0.05) is 78.3 Å². The minimum Gasteiger partial charge on any atom is -0.508 e. The Morgan fingerprint density at radius 3 is 1.09 bits per heavy atom. The van der Waals surface area contributed by atoms with E-state index in [0.717, 1.165) is 74.5 Å². The smallest absolute Gasteiger partial charge is 0.225 e. The van der Waals surface area contributed by atoms with Crippen molar-refractivity contribution in [3.63, 3.8) is 0 Å². The van der Waals surface area contributed by atoms with Gasteiger partial charge in [0, 0.05) is 114 Å². The lowest BCUT2D eigenvalue weighted by molar-refractivity contribution is -0.134. The van der Waals surface area contributed by atoms with Gasteiger partial charge in [-0.2, -0.15) is 5.26 Å². The van der Waals surface area contributed by atoms with Crippen LogP contribution in [0.2, 0.25) is 0 Å². The maximum atomic E-state index is 13.9. The van der Waals surface area contributed by atoms with Crippen molar-refractivity contribution in [3.05, 3.63) is 124 Å². The zero-order valence-corrected chi connectivity index (χ0v) is 75.2. The fourth-order valence-electron chi connectivity index (χ4n) is 17.4. The van der Waals surface area contributed by atoms with Gasteiger partial charge in [0.1, 0.15) is 51.4 Å². The van der Waals surface area contributed by atoms with E-state index in [2.05, 4.69) is 40.1 Å². The molecular weight excluding hydrogens is 1620 g/mol. The number of rotatable bonds is 49. The van der Waals surface area contributed by atoms with Crippen LogP contribution in [0.3, 0.4) is 0 Å². The lowest BCUT2D eigenvalue weighted by Crippen LogP contribution is -2.47. The second-order valence-electron chi connectivity index (χ2n) is 36.2. The number of phenolic OH excluding ortho intramolecular Hbond substituents is 1. The Hall–Kier alpha value is -9.59. The van der Waals surface area contributed by atoms with Gasteiger partial charge in [-0.3, -0.25) is 72.2 Å². The van der Waals surface area contributed by atoms with Crippen LogP contribution in [0.15, 0.2) is 102 Å². The predicted molar refractivity (Wildman–Crippen MR) is 473 cm³/mol. The number of nitrogens with zero attached hydrogens (tertiary/aromatic N) is 4. The Morgan fingerprint density at radius 1 is 0.457 bits per heavy atom. The first-order valence-corrected chi connectivity index (χ1v) is 45.3. The van der Waals surface area contributed by atoms with Crippen LogP contribution in [0.1, 0.15) is 178 Å². The molecule has 9 aliphatic rings. The fraction of sp³-hybridized carbons (Fsp3) is 0.606. The van der Waals surface area contributed by atoms with E-state index in [1.54, 1.807) is 91.3 Å². The average Bonchev–Trinajstić information content (AvgIpc) is 1.65. The zero-order valence-electron chi connectivity index (χ0n) is 75.2. The SMILES string of the molecule is C#CC[C@H](CC(=O)CN1CCOCC1)C(=O)N[C@@H](Cc1ccc(OC)cc1)C(=O)C[C@@H](CC1=CCCC1)C(=O)[C@@]1(C)CO1.COc1ccc(C[C@H](NC(=O)[C@H](CC#N)CC(=O)CN2CCOCC2)C(=O)C[C@@H](CC2=CCCC2)C(=O)[C@@]2(C)CO2)cc1.Cc1cc(C[C@H](NC(=O)[C@H](C)CC(=O)CN2CCOCC2)C(=O)C[C@@H](CC2=CCCC2)C(=O)[C@@]2(C)CO2)ccc1O. The van der Waals surface area contributed by atoms with Crippen LogP contribution in [0.4, 0.5) is 0 Å². The van der Waals surface area contributed by atoms with Crippen LogP contribution < -0.4 is 25.4 Å². The molecule has 127 heavy (non-hydrogen) atoms. The minimum absolute atomic E-state index is 0.00147. The summed E-state index contributed by atoms with van der Waals surface area (Å²) in [5.74, 6) is -2.33. The lowest BCUT2D eigenvalue weighted by atomic mass is 9.83. The van der Waals surface area contributed by atoms with E-state index >= 15 is 0 Å². The number of Topliss-reactive ketones (excluding diaryl/α,β-unsaturated/α-hetero) is 9. The molecule has 12 rings (SSSR count). The molecule has 3 amide bonds. The number of epoxide rings is 3. The zero-order chi connectivity index (χ0) is 91.2. The molecule has 0 radical (unpaired) electrons. The summed E-state index contributed by atoms with van der Waals surface area (Å²) in [7, 11) is 3.15. The van der Waals surface area contributed by atoms with E-state index in [9.17, 15) is 67.9 Å². The van der Waals surface area contributed by atoms with Crippen LogP contribution in [0.25, 0.3) is 0 Å². The Labute approximate surface area is 747 Å². The molecule has 3 aromatic rings. The van der Waals surface area contributed by atoms with Gasteiger partial charge in [-0.25, -0.2) is 0 Å². The summed E-state index contributed by atoms with van der Waals surface area (Å²) in [6.45, 7) is 17.9. The number of aromatic hydroxyl groups is 1. The number of phenols is 1. The third-order valence-electron chi connectivity index (χ3n) is 25.6. The highest BCUT2D eigenvalue weighted by Gasteiger charge is 2.53. The quantitative estimate of drug-likeness (QED) is 0.0232. The van der Waals surface area contributed by atoms with Gasteiger partial charge < -0.3 is 59.0 Å². The molecule has 3 aliphatic carbocycles. The second-order valence-corrected chi connectivity index (χ2v) is 36.2. The van der Waals surface area contributed by atoms with E-state index in [1.165, 1.54) is 16.7 Å². The number of amides is 3. The molecule has 6 aliphatic heterocycles. The standard InChI is InChI=1S/C34H44N2O7.C33H43N3O7.C32H44N2O7/c1-4-7-26(20-28(37)22-36-14-16-42-17-15-36)33(40)35-30(19-25-10-12-29(41-3)13-11-25)31(38)21-27(18-24-8-5-6-9-24)32(39)34(2)23-43-34;1-33(22-43-33)31(39)26(17-23-5-3-4-6-23)20-30(38)29(18-24-7-9-28(41-2)10-8-24)35-32(40)25(11-12-34)19-27(37)21-36-13-15-42-16-14-36;1-21-14-24(8-9-28(21)36)17-27(33-31(39)22(2)15-26(35)19-34-10-12-40-13-11-34)29(37)18-25(16-23-6-4-5-7-23)30(38)32(3)20-41-32/h1,8,10-13,26-27,30H,5-7,9,14-23H2,2-3H3,(H,35,40);5,7-10,25-26,29H,3-4,6,11,13-22H2,1-2H3,(H,35,40);6,8-9,14,22,25,27,36H,4-5,7,10-13,15-20H2,1-3H3,(H,33,39)/t26-,27-,30+,34-;25-,26-,29+,33-;22-,25-,27+,32-/m111/s1. The third-order valence-corrected chi connectivity index (χ3v) is 25.6. The number of morpholine rings is 3. The number of carbonyl (C=O) groups is 12. The first kappa shape index (κ1) is 99.6. The number of methoxy groups -OCH3 is 2. The van der Waals surface area contributed by atoms with E-state index in [-0.39, 0.29) is 154 Å². The molecule has 688 valence electrons. The van der Waals surface area contributed by atoms with Gasteiger partial charge in [0.15, 0.2) is 34.7 Å². The van der Waals surface area contributed by atoms with Crippen LogP contribution in [0, 0.1) is 66.1 Å². The van der Waals surface area contributed by atoms with Crippen molar-refractivity contribution in [3.8, 4) is 35.7 Å². The number of nitrogens with one attached hydrogen (secondary N) is 3. The molecule has 28 nitrogen and oxygen atoms in total. The Balaban J connectivity index is 0.000000199. The van der Waals surface area contributed by atoms with E-state index in [0.29, 0.717) is 135 Å². The van der Waals surface area contributed by atoms with Crippen molar-refractivity contribution in [2.24, 2.45) is 35.5 Å². The number of allylic oxidation sites excluding steroid dienone is 6. The summed E-state index contributed by atoms with van der Waals surface area (Å²) in [5.41, 5.74) is 4.10. The number of hydrogen-bond donors (Lipinski definition) is 4. The molecule has 6 saturated heterocycles. The van der Waals surface area contributed by atoms with Crippen molar-refractivity contribution in [1.82, 2.24) is 30.7 Å². The minimum atomic E-state index is -0.933. The Kier molecular flexibility index (Phi) is 38.2. The summed E-state index contributed by atoms with van der Waals surface area (Å²) < 4.78 is 42.9. The summed E-state index contributed by atoms with van der Waals surface area (Å²) >= 11 is 0. The number of terminal acetylenes is 1. The molecule has 12 atom stereocenters. The Bertz CT molecular complexity index is 4320. The maximum absolute atomic E-state index is 13.9. The topological polar surface area (TPSA) is 378 Å². The van der Waals surface area contributed by atoms with Crippen LogP contribution in [0.5, 0.6) is 17.2 Å². The van der Waals surface area contributed by atoms with Crippen molar-refractivity contribution < 1.29 is 101 Å². The molecule has 0 aromatic heterocycles. The van der Waals surface area contributed by atoms with Crippen molar-refractivity contribution in [2.45, 2.75) is 217 Å². The number of ketones is 9. The lowest BCUT2D eigenvalue weighted by Gasteiger charge is -2.27. The van der Waals surface area contributed by atoms with E-state index < -0.39 is 82.3 Å². The van der Waals surface area contributed by atoms with Gasteiger partial charge >= 0.3 is 0 Å². The van der Waals surface area contributed by atoms with E-state index in [4.69, 9.17) is 44.3 Å². The summed E-state index contributed by atoms with van der Waals surface area (Å²) in [5, 5.41) is 28.1. The number of aryl methyl sites for hydroxylation is 1. The van der Waals surface area contributed by atoms with Crippen molar-refractivity contribution in [1.29, 1.82) is 5.26 Å². The number of nitriles is 1. The normalized spacial score (nSPS) is 22.3. The molecule has 6 fully saturated rings. The third kappa shape index (κ3) is 31.7. The second kappa shape index (κ2) is 48.7. The number of hydrogen-bond acceptors (Lipinski definition) is 25. The molecule has 0 bridgehead atoms. The van der Waals surface area contributed by atoms with Gasteiger partial charge in [0.05, 0.1) is 129 Å². The Morgan fingerprint density at radius 2 is 0.780 bits per heavy atom. The van der Waals surface area contributed by atoms with Crippen LogP contribution in [-0.2, 0) is 105 Å². The molecule has 6 heterocycles. The molecule has 3 aromatic carbocycles. The maximum Gasteiger partial charge on any atom is 0.225 e. The van der Waals surface area contributed by atoms with Crippen molar-refractivity contribution in [2.75, 3.05) is 133 Å². The largest absolute Gasteiger partial charge is 0.508 e. The van der Waals surface area contributed by atoms with Gasteiger partial charge in [-0.05, 0) is 177 Å². The van der Waals surface area contributed by atoms with Crippen molar-refractivity contribution >= 4 is 69.8 Å². The first-order chi connectivity index (χ1) is 60.9. The highest BCUT2D eigenvalue weighted by Crippen LogP contribution is 2.40. The molecule has 28 heteroatoms. The summed E-state index contributed by atoms with van der Waals surface area (Å²) in [4.78, 5) is 167. The molecular formula is C99H131N7O21. The number of benzene rings is 3. The molecule has 0 saturated carbocycles. The summed E-state index contributed by atoms with van der Waals surface area (Å²) in [6, 6.07) is 18.9. The van der Waals surface area contributed by atoms with Crippen LogP contribution >= 0.6 is 0 Å². The van der Waals surface area contributed by atoms with Gasteiger partial charge in [-0.15, -0.1) is 12.3 Å². The average molecular weight is 1760 g/mol. The molecule has 0 unspecified atom stereocenters. The van der Waals surface area contributed by atoms with Crippen LogP contribution in [-0.4, -0.2) is 257 Å². The fourth-order valence-corrected chi connectivity index (χ4v) is 17.4. The van der Waals surface area contributed by atoms with Gasteiger partial charge in [0.2, 0.25) is 17.7 Å². The predicted octanol–water partition coefficient (Wildman–Crippen LogP) is 9.15. The number of ether oxygens (including phenoxy) is 8. The first-order valence-electron chi connectivity index (χ1n) is 45.3. The van der Waals surface area contributed by atoms with Gasteiger partial charge in [0.25, 0.3) is 0 Å². The summed E-state index contributed by atoms with van der Waals surface area (Å²) in [6.07, 6.45) is 23.0. The molecule has 4 N–H and O–H groups in total. The molecule has 0 spiro atoms. The monoisotopic (exact) mass is 1750 g/mol. The highest BCUT2D eigenvalue weighted by molar-refractivity contribution is 6.00. The highest BCUT2D eigenvalue weighted by atomic mass is 16.6. The number of carbonyl (C=O) groups excluding carboxylic acids is 12. The van der Waals surface area contributed by atoms with E-state index in [1.807, 2.05) is 45.0 Å².